The van der Waals surface area contributed by atoms with Crippen molar-refractivity contribution in [3.8, 4) is 0 Å². The summed E-state index contributed by atoms with van der Waals surface area (Å²) in [5.74, 6) is 1.10. The number of carbonyl (C=O) groups is 2. The highest BCUT2D eigenvalue weighted by molar-refractivity contribution is 8.16. The fraction of sp³-hybridized carbons (Fsp3) is 0.519. The zero-order chi connectivity index (χ0) is 24.4. The number of nitrogens with one attached hydrogen (secondary N) is 1. The van der Waals surface area contributed by atoms with Crippen LogP contribution in [0.25, 0.3) is 0 Å². The SMILES string of the molecule is CCN(CC)C(=O)C1=C(C)N=C2SC=C(CC(=O)NCC3CC3)N2C1c1ccc(C(C)C)cc1. The van der Waals surface area contributed by atoms with Crippen LogP contribution in [0.5, 0.6) is 0 Å². The van der Waals surface area contributed by atoms with Crippen LogP contribution in [0, 0.1) is 5.92 Å². The average Bonchev–Trinajstić information content (AvgIpc) is 3.58. The number of likely N-dealkylation sites (N-methyl/N-ethyl adjacent to an activating group) is 1. The number of allylic oxidation sites excluding steroid dienone is 1. The van der Waals surface area contributed by atoms with Crippen molar-refractivity contribution in [3.63, 3.8) is 0 Å². The normalized spacial score (nSPS) is 19.7. The minimum Gasteiger partial charge on any atom is -0.355 e. The van der Waals surface area contributed by atoms with Gasteiger partial charge in [0.15, 0.2) is 5.17 Å². The van der Waals surface area contributed by atoms with Crippen LogP contribution in [0.1, 0.15) is 77.0 Å². The van der Waals surface area contributed by atoms with Gasteiger partial charge in [0.25, 0.3) is 5.91 Å². The van der Waals surface area contributed by atoms with Crippen LogP contribution in [0.15, 0.2) is 51.6 Å². The summed E-state index contributed by atoms with van der Waals surface area (Å²) in [5, 5.41) is 5.93. The summed E-state index contributed by atoms with van der Waals surface area (Å²) >= 11 is 1.53. The number of thioether (sulfide) groups is 1. The molecule has 1 fully saturated rings. The minimum absolute atomic E-state index is 0.0117. The Morgan fingerprint density at radius 3 is 2.44 bits per heavy atom. The lowest BCUT2D eigenvalue weighted by Gasteiger charge is -2.38. The summed E-state index contributed by atoms with van der Waals surface area (Å²) in [4.78, 5) is 35.2. The van der Waals surface area contributed by atoms with Gasteiger partial charge in [-0.05, 0) is 62.0 Å². The van der Waals surface area contributed by atoms with Gasteiger partial charge >= 0.3 is 0 Å². The minimum atomic E-state index is -0.306. The lowest BCUT2D eigenvalue weighted by atomic mass is 9.91. The molecule has 0 aromatic heterocycles. The van der Waals surface area contributed by atoms with Crippen LogP contribution >= 0.6 is 11.8 Å². The van der Waals surface area contributed by atoms with E-state index in [1.807, 2.05) is 31.1 Å². The molecule has 34 heavy (non-hydrogen) atoms. The molecule has 2 heterocycles. The number of carbonyl (C=O) groups excluding carboxylic acids is 2. The maximum absolute atomic E-state index is 13.7. The summed E-state index contributed by atoms with van der Waals surface area (Å²) < 4.78 is 0. The van der Waals surface area contributed by atoms with Crippen LogP contribution in [-0.4, -0.2) is 46.4 Å². The molecular weight excluding hydrogens is 444 g/mol. The molecule has 1 aromatic rings. The van der Waals surface area contributed by atoms with E-state index in [-0.39, 0.29) is 24.3 Å². The van der Waals surface area contributed by atoms with E-state index in [0.717, 1.165) is 28.7 Å². The van der Waals surface area contributed by atoms with Crippen LogP contribution in [-0.2, 0) is 9.59 Å². The molecule has 0 radical (unpaired) electrons. The molecule has 1 atom stereocenters. The molecule has 2 aliphatic heterocycles. The first-order chi connectivity index (χ1) is 16.3. The number of hydrogen-bond acceptors (Lipinski definition) is 5. The van der Waals surface area contributed by atoms with E-state index >= 15 is 0 Å². The highest BCUT2D eigenvalue weighted by Gasteiger charge is 2.41. The fourth-order valence-corrected chi connectivity index (χ4v) is 5.47. The van der Waals surface area contributed by atoms with Crippen molar-refractivity contribution in [1.29, 1.82) is 0 Å². The molecular formula is C27H36N4O2S. The first kappa shape index (κ1) is 24.6. The van der Waals surface area contributed by atoms with Gasteiger partial charge < -0.3 is 15.1 Å². The van der Waals surface area contributed by atoms with E-state index in [2.05, 4.69) is 48.3 Å². The Bertz CT molecular complexity index is 1030. The van der Waals surface area contributed by atoms with E-state index in [9.17, 15) is 9.59 Å². The van der Waals surface area contributed by atoms with E-state index in [1.54, 1.807) is 0 Å². The van der Waals surface area contributed by atoms with Gasteiger partial charge in [-0.25, -0.2) is 4.99 Å². The topological polar surface area (TPSA) is 65.0 Å². The number of amidine groups is 1. The molecule has 4 rings (SSSR count). The van der Waals surface area contributed by atoms with Gasteiger partial charge in [0.05, 0.1) is 23.7 Å². The molecule has 1 aliphatic carbocycles. The third kappa shape index (κ3) is 5.09. The van der Waals surface area contributed by atoms with Crippen molar-refractivity contribution in [1.82, 2.24) is 15.1 Å². The number of rotatable bonds is 9. The molecule has 1 aromatic carbocycles. The second-order valence-electron chi connectivity index (χ2n) is 9.62. The van der Waals surface area contributed by atoms with E-state index in [1.165, 1.54) is 30.2 Å². The lowest BCUT2D eigenvalue weighted by molar-refractivity contribution is -0.127. The Balaban J connectivity index is 1.69. The molecule has 3 aliphatic rings. The molecule has 1 N–H and O–H groups in total. The highest BCUT2D eigenvalue weighted by atomic mass is 32.2. The molecule has 6 nitrogen and oxygen atoms in total. The van der Waals surface area contributed by atoms with Crippen molar-refractivity contribution < 1.29 is 9.59 Å². The van der Waals surface area contributed by atoms with Crippen molar-refractivity contribution in [2.24, 2.45) is 10.9 Å². The second kappa shape index (κ2) is 10.4. The third-order valence-electron chi connectivity index (χ3n) is 6.83. The summed E-state index contributed by atoms with van der Waals surface area (Å²) in [7, 11) is 0. The van der Waals surface area contributed by atoms with E-state index in [0.29, 0.717) is 30.5 Å². The van der Waals surface area contributed by atoms with Crippen LogP contribution in [0.2, 0.25) is 0 Å². The molecule has 1 unspecified atom stereocenters. The summed E-state index contributed by atoms with van der Waals surface area (Å²) in [6.07, 6.45) is 2.69. The van der Waals surface area contributed by atoms with E-state index < -0.39 is 0 Å². The van der Waals surface area contributed by atoms with Crippen molar-refractivity contribution >= 4 is 28.7 Å². The third-order valence-corrected chi connectivity index (χ3v) is 7.72. The first-order valence-corrected chi connectivity index (χ1v) is 13.3. The summed E-state index contributed by atoms with van der Waals surface area (Å²) in [6.45, 7) is 12.3. The van der Waals surface area contributed by atoms with Crippen LogP contribution in [0.3, 0.4) is 0 Å². The maximum Gasteiger partial charge on any atom is 0.254 e. The average molecular weight is 481 g/mol. The van der Waals surface area contributed by atoms with Crippen molar-refractivity contribution in [2.75, 3.05) is 19.6 Å². The van der Waals surface area contributed by atoms with Crippen molar-refractivity contribution in [2.45, 2.75) is 65.8 Å². The fourth-order valence-electron chi connectivity index (χ4n) is 4.51. The Morgan fingerprint density at radius 1 is 1.18 bits per heavy atom. The van der Waals surface area contributed by atoms with Gasteiger partial charge in [-0.1, -0.05) is 49.9 Å². The van der Waals surface area contributed by atoms with Crippen molar-refractivity contribution in [3.05, 3.63) is 57.8 Å². The summed E-state index contributed by atoms with van der Waals surface area (Å²) in [6, 6.07) is 8.24. The van der Waals surface area contributed by atoms with E-state index in [4.69, 9.17) is 4.99 Å². The Morgan fingerprint density at radius 2 is 1.85 bits per heavy atom. The predicted octanol–water partition coefficient (Wildman–Crippen LogP) is 5.17. The number of benzene rings is 1. The van der Waals surface area contributed by atoms with Crippen LogP contribution < -0.4 is 5.32 Å². The van der Waals surface area contributed by atoms with Gasteiger partial charge in [-0.3, -0.25) is 9.59 Å². The molecule has 0 spiro atoms. The highest BCUT2D eigenvalue weighted by Crippen LogP contribution is 2.45. The quantitative estimate of drug-likeness (QED) is 0.530. The van der Waals surface area contributed by atoms with Gasteiger partial charge in [0, 0.05) is 25.3 Å². The van der Waals surface area contributed by atoms with Gasteiger partial charge in [-0.2, -0.15) is 0 Å². The zero-order valence-electron chi connectivity index (χ0n) is 20.9. The monoisotopic (exact) mass is 480 g/mol. The Hall–Kier alpha value is -2.54. The van der Waals surface area contributed by atoms with Gasteiger partial charge in [-0.15, -0.1) is 0 Å². The number of hydrogen-bond donors (Lipinski definition) is 1. The molecule has 182 valence electrons. The smallest absolute Gasteiger partial charge is 0.254 e. The predicted molar refractivity (Wildman–Crippen MR) is 139 cm³/mol. The standard InChI is InChI=1S/C27H36N4O2S/c1-6-30(7-2)26(33)24-18(5)29-27-31(25(24)21-12-10-20(11-13-21)17(3)4)22(16-34-27)14-23(32)28-15-19-8-9-19/h10-13,16-17,19,25H,6-9,14-15H2,1-5H3,(H,28,32). The van der Waals surface area contributed by atoms with Gasteiger partial charge in [0.1, 0.15) is 0 Å². The zero-order valence-corrected chi connectivity index (χ0v) is 21.7. The maximum atomic E-state index is 13.7. The first-order valence-electron chi connectivity index (χ1n) is 12.4. The number of fused-ring (bicyclic) bond motifs is 1. The van der Waals surface area contributed by atoms with Gasteiger partial charge in [0.2, 0.25) is 5.91 Å². The molecule has 2 amide bonds. The molecule has 0 saturated heterocycles. The molecule has 1 saturated carbocycles. The van der Waals surface area contributed by atoms with Crippen LogP contribution in [0.4, 0.5) is 0 Å². The lowest BCUT2D eigenvalue weighted by Crippen LogP contribution is -2.42. The number of nitrogens with zero attached hydrogens (tertiary/aromatic N) is 3. The Kier molecular flexibility index (Phi) is 7.51. The second-order valence-corrected chi connectivity index (χ2v) is 10.5. The molecule has 7 heteroatoms. The number of amides is 2. The summed E-state index contributed by atoms with van der Waals surface area (Å²) in [5.41, 5.74) is 4.64. The molecule has 0 bridgehead atoms. The number of aliphatic imine (C=N–C) groups is 1. The largest absolute Gasteiger partial charge is 0.355 e. The Labute approximate surface area is 207 Å².